The molecule has 0 spiro atoms. The van der Waals surface area contributed by atoms with Gasteiger partial charge >= 0.3 is 0 Å². The minimum absolute atomic E-state index is 0.265. The topological polar surface area (TPSA) is 17.1 Å². The third-order valence-electron chi connectivity index (χ3n) is 2.30. The van der Waals surface area contributed by atoms with Crippen LogP contribution >= 0.6 is 27.3 Å². The number of carbonyl (C=O) groups excluding carboxylic acids is 1. The summed E-state index contributed by atoms with van der Waals surface area (Å²) in [4.78, 5) is 11.8. The van der Waals surface area contributed by atoms with Crippen LogP contribution in [0.3, 0.4) is 0 Å². The van der Waals surface area contributed by atoms with E-state index in [0.717, 1.165) is 15.6 Å². The Morgan fingerprint density at radius 3 is 2.38 bits per heavy atom. The molecule has 0 radical (unpaired) electrons. The Bertz CT molecular complexity index is 459. The first-order chi connectivity index (χ1) is 7.74. The molecular formula is C13H11BrOS. The first-order valence-corrected chi connectivity index (χ1v) is 6.75. The zero-order valence-corrected chi connectivity index (χ0v) is 11.1. The fourth-order valence-electron chi connectivity index (χ4n) is 1.51. The van der Waals surface area contributed by atoms with E-state index in [1.165, 1.54) is 0 Å². The monoisotopic (exact) mass is 294 g/mol. The number of halogens is 1. The zero-order valence-electron chi connectivity index (χ0n) is 8.65. The molecule has 1 aromatic heterocycles. The summed E-state index contributed by atoms with van der Waals surface area (Å²) in [5.74, 6) is 0.265. The van der Waals surface area contributed by atoms with Crippen LogP contribution in [0.2, 0.25) is 0 Å². The largest absolute Gasteiger partial charge is 0.299 e. The van der Waals surface area contributed by atoms with E-state index in [9.17, 15) is 4.79 Å². The van der Waals surface area contributed by atoms with Crippen molar-refractivity contribution in [2.75, 3.05) is 0 Å². The lowest BCUT2D eigenvalue weighted by Crippen LogP contribution is -2.05. The molecule has 0 bridgehead atoms. The Morgan fingerprint density at radius 1 is 1.06 bits per heavy atom. The van der Waals surface area contributed by atoms with Gasteiger partial charge in [0.15, 0.2) is 0 Å². The number of ketones is 1. The fourth-order valence-corrected chi connectivity index (χ4v) is 2.45. The van der Waals surface area contributed by atoms with Crippen LogP contribution in [-0.4, -0.2) is 5.78 Å². The minimum atomic E-state index is 0.265. The molecule has 0 aliphatic heterocycles. The van der Waals surface area contributed by atoms with Gasteiger partial charge in [-0.15, -0.1) is 0 Å². The smallest absolute Gasteiger partial charge is 0.141 e. The van der Waals surface area contributed by atoms with Gasteiger partial charge in [-0.2, -0.15) is 11.3 Å². The van der Waals surface area contributed by atoms with E-state index < -0.39 is 0 Å². The van der Waals surface area contributed by atoms with Crippen molar-refractivity contribution in [3.8, 4) is 0 Å². The molecule has 1 aromatic carbocycles. The van der Waals surface area contributed by atoms with Crippen LogP contribution in [0.25, 0.3) is 0 Å². The molecule has 82 valence electrons. The molecule has 0 aliphatic carbocycles. The van der Waals surface area contributed by atoms with Crippen LogP contribution < -0.4 is 0 Å². The minimum Gasteiger partial charge on any atom is -0.299 e. The number of carbonyl (C=O) groups is 1. The summed E-state index contributed by atoms with van der Waals surface area (Å²) < 4.78 is 1.04. The van der Waals surface area contributed by atoms with Gasteiger partial charge in [0.25, 0.3) is 0 Å². The van der Waals surface area contributed by atoms with Crippen molar-refractivity contribution in [1.29, 1.82) is 0 Å². The van der Waals surface area contributed by atoms with E-state index in [-0.39, 0.29) is 5.78 Å². The first kappa shape index (κ1) is 11.6. The van der Waals surface area contributed by atoms with Gasteiger partial charge in [0.05, 0.1) is 0 Å². The average Bonchev–Trinajstić information content (AvgIpc) is 2.74. The van der Waals surface area contributed by atoms with Crippen LogP contribution in [0, 0.1) is 0 Å². The molecular weight excluding hydrogens is 284 g/mol. The van der Waals surface area contributed by atoms with Gasteiger partial charge in [-0.05, 0) is 40.1 Å². The highest BCUT2D eigenvalue weighted by Crippen LogP contribution is 2.13. The fraction of sp³-hybridized carbons (Fsp3) is 0.154. The van der Waals surface area contributed by atoms with E-state index in [2.05, 4.69) is 15.9 Å². The van der Waals surface area contributed by atoms with Crippen LogP contribution in [0.15, 0.2) is 45.6 Å². The molecule has 1 heterocycles. The SMILES string of the molecule is O=C(Cc1ccc(Br)cc1)Cc1ccsc1. The summed E-state index contributed by atoms with van der Waals surface area (Å²) in [5.41, 5.74) is 2.19. The van der Waals surface area contributed by atoms with Crippen molar-refractivity contribution < 1.29 is 4.79 Å². The molecule has 16 heavy (non-hydrogen) atoms. The van der Waals surface area contributed by atoms with Crippen LogP contribution in [0.4, 0.5) is 0 Å². The molecule has 0 saturated carbocycles. The quantitative estimate of drug-likeness (QED) is 0.837. The third kappa shape index (κ3) is 3.29. The molecule has 0 unspecified atom stereocenters. The Hall–Kier alpha value is -0.930. The van der Waals surface area contributed by atoms with E-state index in [4.69, 9.17) is 0 Å². The maximum atomic E-state index is 11.8. The highest BCUT2D eigenvalue weighted by Gasteiger charge is 2.05. The molecule has 0 aliphatic rings. The van der Waals surface area contributed by atoms with Gasteiger partial charge in [-0.25, -0.2) is 0 Å². The Balaban J connectivity index is 1.95. The summed E-state index contributed by atoms with van der Waals surface area (Å²) >= 11 is 5.01. The van der Waals surface area contributed by atoms with Gasteiger partial charge in [-0.1, -0.05) is 28.1 Å². The standard InChI is InChI=1S/C13H11BrOS/c14-12-3-1-10(2-4-12)7-13(15)8-11-5-6-16-9-11/h1-6,9H,7-8H2. The molecule has 0 N–H and O–H groups in total. The molecule has 0 fully saturated rings. The van der Waals surface area contributed by atoms with E-state index in [0.29, 0.717) is 12.8 Å². The normalized spacial score (nSPS) is 10.3. The maximum absolute atomic E-state index is 11.8. The van der Waals surface area contributed by atoms with Crippen LogP contribution in [0.5, 0.6) is 0 Å². The van der Waals surface area contributed by atoms with Crippen LogP contribution in [0.1, 0.15) is 11.1 Å². The second kappa shape index (κ2) is 5.41. The lowest BCUT2D eigenvalue weighted by molar-refractivity contribution is -0.117. The summed E-state index contributed by atoms with van der Waals surface area (Å²) in [7, 11) is 0. The molecule has 2 rings (SSSR count). The van der Waals surface area contributed by atoms with E-state index >= 15 is 0 Å². The zero-order chi connectivity index (χ0) is 11.4. The predicted octanol–water partition coefficient (Wildman–Crippen LogP) is 3.86. The van der Waals surface area contributed by atoms with Crippen molar-refractivity contribution in [1.82, 2.24) is 0 Å². The molecule has 0 saturated heterocycles. The summed E-state index contributed by atoms with van der Waals surface area (Å²) in [6.45, 7) is 0. The Morgan fingerprint density at radius 2 is 1.75 bits per heavy atom. The van der Waals surface area contributed by atoms with Crippen LogP contribution in [-0.2, 0) is 17.6 Å². The number of Topliss-reactive ketones (excluding diaryl/α,β-unsaturated/α-hetero) is 1. The van der Waals surface area contributed by atoms with Crippen molar-refractivity contribution in [3.63, 3.8) is 0 Å². The lowest BCUT2D eigenvalue weighted by atomic mass is 10.0. The second-order valence-electron chi connectivity index (χ2n) is 3.65. The Kier molecular flexibility index (Phi) is 3.91. The number of hydrogen-bond donors (Lipinski definition) is 0. The van der Waals surface area contributed by atoms with Gasteiger partial charge in [-0.3, -0.25) is 4.79 Å². The highest BCUT2D eigenvalue weighted by atomic mass is 79.9. The number of thiophene rings is 1. The average molecular weight is 295 g/mol. The van der Waals surface area contributed by atoms with Crippen molar-refractivity contribution in [3.05, 3.63) is 56.7 Å². The number of rotatable bonds is 4. The first-order valence-electron chi connectivity index (χ1n) is 5.01. The number of benzene rings is 1. The molecule has 3 heteroatoms. The van der Waals surface area contributed by atoms with Crippen molar-refractivity contribution in [2.24, 2.45) is 0 Å². The van der Waals surface area contributed by atoms with Gasteiger partial charge < -0.3 is 0 Å². The highest BCUT2D eigenvalue weighted by molar-refractivity contribution is 9.10. The van der Waals surface area contributed by atoms with Gasteiger partial charge in [0.2, 0.25) is 0 Å². The molecule has 0 amide bonds. The predicted molar refractivity (Wildman–Crippen MR) is 70.9 cm³/mol. The molecule has 1 nitrogen and oxygen atoms in total. The second-order valence-corrected chi connectivity index (χ2v) is 5.35. The third-order valence-corrected chi connectivity index (χ3v) is 3.56. The summed E-state index contributed by atoms with van der Waals surface area (Å²) in [5, 5.41) is 4.03. The Labute approximate surface area is 107 Å². The summed E-state index contributed by atoms with van der Waals surface area (Å²) in [6, 6.07) is 9.90. The van der Waals surface area contributed by atoms with Gasteiger partial charge in [0.1, 0.15) is 5.78 Å². The summed E-state index contributed by atoms with van der Waals surface area (Å²) in [6.07, 6.45) is 1.06. The maximum Gasteiger partial charge on any atom is 0.141 e. The van der Waals surface area contributed by atoms with E-state index in [1.807, 2.05) is 41.1 Å². The molecule has 0 atom stereocenters. The van der Waals surface area contributed by atoms with Gasteiger partial charge in [0, 0.05) is 17.3 Å². The van der Waals surface area contributed by atoms with E-state index in [1.54, 1.807) is 11.3 Å². The van der Waals surface area contributed by atoms with Crippen molar-refractivity contribution in [2.45, 2.75) is 12.8 Å². The molecule has 2 aromatic rings. The number of hydrogen-bond acceptors (Lipinski definition) is 2. The lowest BCUT2D eigenvalue weighted by Gasteiger charge is -2.00. The van der Waals surface area contributed by atoms with Crippen molar-refractivity contribution >= 4 is 33.0 Å².